The molecule has 0 radical (unpaired) electrons. The SMILES string of the molecule is N#CCC1CC(C(=O)Cc2ncc(C3CCCCC3)o2)C1. The minimum Gasteiger partial charge on any atom is -0.445 e. The summed E-state index contributed by atoms with van der Waals surface area (Å²) in [5.74, 6) is 2.80. The number of aromatic nitrogens is 1. The van der Waals surface area contributed by atoms with Crippen LogP contribution in [-0.4, -0.2) is 10.8 Å². The number of oxazole rings is 1. The van der Waals surface area contributed by atoms with Gasteiger partial charge in [0.15, 0.2) is 0 Å². The molecule has 0 saturated heterocycles. The first-order chi connectivity index (χ1) is 10.3. The summed E-state index contributed by atoms with van der Waals surface area (Å²) in [6.45, 7) is 0. The fourth-order valence-corrected chi connectivity index (χ4v) is 3.57. The van der Waals surface area contributed by atoms with E-state index in [0.717, 1.165) is 18.6 Å². The van der Waals surface area contributed by atoms with Gasteiger partial charge in [0.1, 0.15) is 11.5 Å². The van der Waals surface area contributed by atoms with Gasteiger partial charge in [-0.1, -0.05) is 19.3 Å². The molecule has 3 rings (SSSR count). The fraction of sp³-hybridized carbons (Fsp3) is 0.706. The fourth-order valence-electron chi connectivity index (χ4n) is 3.57. The van der Waals surface area contributed by atoms with Gasteiger partial charge in [-0.05, 0) is 31.6 Å². The van der Waals surface area contributed by atoms with Gasteiger partial charge in [-0.2, -0.15) is 5.26 Å². The lowest BCUT2D eigenvalue weighted by atomic mass is 9.71. The summed E-state index contributed by atoms with van der Waals surface area (Å²) in [5.41, 5.74) is 0. The van der Waals surface area contributed by atoms with E-state index in [9.17, 15) is 4.79 Å². The van der Waals surface area contributed by atoms with Gasteiger partial charge in [0.25, 0.3) is 0 Å². The van der Waals surface area contributed by atoms with Crippen molar-refractivity contribution < 1.29 is 9.21 Å². The Morgan fingerprint density at radius 2 is 2.10 bits per heavy atom. The molecule has 4 nitrogen and oxygen atoms in total. The Labute approximate surface area is 125 Å². The molecule has 4 heteroatoms. The molecule has 0 aliphatic heterocycles. The van der Waals surface area contributed by atoms with Crippen LogP contribution in [0.25, 0.3) is 0 Å². The highest BCUT2D eigenvalue weighted by Gasteiger charge is 2.34. The van der Waals surface area contributed by atoms with Crippen molar-refractivity contribution in [1.82, 2.24) is 4.98 Å². The van der Waals surface area contributed by atoms with E-state index in [-0.39, 0.29) is 11.7 Å². The van der Waals surface area contributed by atoms with Crippen molar-refractivity contribution in [2.24, 2.45) is 11.8 Å². The third-order valence-corrected chi connectivity index (χ3v) is 4.98. The van der Waals surface area contributed by atoms with Gasteiger partial charge < -0.3 is 4.42 Å². The Morgan fingerprint density at radius 1 is 1.33 bits per heavy atom. The molecule has 0 bridgehead atoms. The number of hydrogen-bond donors (Lipinski definition) is 0. The van der Waals surface area contributed by atoms with E-state index in [2.05, 4.69) is 11.1 Å². The van der Waals surface area contributed by atoms with Crippen LogP contribution in [-0.2, 0) is 11.2 Å². The number of nitriles is 1. The standard InChI is InChI=1S/C17H22N2O2/c18-7-6-12-8-14(9-12)15(20)10-17-19-11-16(21-17)13-4-2-1-3-5-13/h11-14H,1-6,8-10H2. The smallest absolute Gasteiger partial charge is 0.201 e. The van der Waals surface area contributed by atoms with Crippen molar-refractivity contribution in [3.63, 3.8) is 0 Å². The maximum atomic E-state index is 12.1. The van der Waals surface area contributed by atoms with Gasteiger partial charge in [0, 0.05) is 18.3 Å². The predicted molar refractivity (Wildman–Crippen MR) is 77.5 cm³/mol. The topological polar surface area (TPSA) is 66.9 Å². The normalized spacial score (nSPS) is 26.0. The molecule has 0 amide bonds. The van der Waals surface area contributed by atoms with E-state index in [1.54, 1.807) is 0 Å². The second-order valence-electron chi connectivity index (χ2n) is 6.53. The maximum Gasteiger partial charge on any atom is 0.201 e. The van der Waals surface area contributed by atoms with Gasteiger partial charge in [0.05, 0.1) is 18.7 Å². The third-order valence-electron chi connectivity index (χ3n) is 4.98. The van der Waals surface area contributed by atoms with Crippen LogP contribution in [0.3, 0.4) is 0 Å². The molecule has 1 aromatic rings. The first-order valence-corrected chi connectivity index (χ1v) is 8.10. The second kappa shape index (κ2) is 6.43. The highest BCUT2D eigenvalue weighted by Crippen LogP contribution is 2.37. The third kappa shape index (κ3) is 3.34. The van der Waals surface area contributed by atoms with Gasteiger partial charge in [0.2, 0.25) is 5.89 Å². The Hall–Kier alpha value is -1.63. The molecule has 0 atom stereocenters. The zero-order valence-electron chi connectivity index (χ0n) is 12.4. The van der Waals surface area contributed by atoms with Crippen LogP contribution in [0, 0.1) is 23.2 Å². The summed E-state index contributed by atoms with van der Waals surface area (Å²) < 4.78 is 5.80. The summed E-state index contributed by atoms with van der Waals surface area (Å²) in [6.07, 6.45) is 10.7. The molecule has 21 heavy (non-hydrogen) atoms. The monoisotopic (exact) mass is 286 g/mol. The van der Waals surface area contributed by atoms with Crippen molar-refractivity contribution in [3.8, 4) is 6.07 Å². The molecular formula is C17H22N2O2. The van der Waals surface area contributed by atoms with Crippen LogP contribution in [0.15, 0.2) is 10.6 Å². The molecule has 0 N–H and O–H groups in total. The van der Waals surface area contributed by atoms with Crippen molar-refractivity contribution in [1.29, 1.82) is 5.26 Å². The van der Waals surface area contributed by atoms with Gasteiger partial charge >= 0.3 is 0 Å². The zero-order chi connectivity index (χ0) is 14.7. The van der Waals surface area contributed by atoms with Crippen LogP contribution in [0.1, 0.15) is 68.9 Å². The molecule has 2 fully saturated rings. The molecule has 0 unspecified atom stereocenters. The van der Waals surface area contributed by atoms with E-state index >= 15 is 0 Å². The number of Topliss-reactive ketones (excluding diaryl/α,β-unsaturated/α-hetero) is 1. The van der Waals surface area contributed by atoms with Crippen LogP contribution in [0.4, 0.5) is 0 Å². The Morgan fingerprint density at radius 3 is 2.81 bits per heavy atom. The van der Waals surface area contributed by atoms with E-state index < -0.39 is 0 Å². The van der Waals surface area contributed by atoms with E-state index in [1.165, 1.54) is 32.1 Å². The van der Waals surface area contributed by atoms with E-state index in [0.29, 0.717) is 30.6 Å². The minimum absolute atomic E-state index is 0.119. The highest BCUT2D eigenvalue weighted by molar-refractivity contribution is 5.83. The average Bonchev–Trinajstić information content (AvgIpc) is 2.91. The van der Waals surface area contributed by atoms with Crippen molar-refractivity contribution in [3.05, 3.63) is 17.8 Å². The average molecular weight is 286 g/mol. The molecule has 1 heterocycles. The zero-order valence-corrected chi connectivity index (χ0v) is 12.4. The quantitative estimate of drug-likeness (QED) is 0.826. The number of rotatable bonds is 5. The highest BCUT2D eigenvalue weighted by atomic mass is 16.4. The van der Waals surface area contributed by atoms with E-state index in [4.69, 9.17) is 9.68 Å². The number of nitrogens with zero attached hydrogens (tertiary/aromatic N) is 2. The van der Waals surface area contributed by atoms with Gasteiger partial charge in [-0.15, -0.1) is 0 Å². The summed E-state index contributed by atoms with van der Waals surface area (Å²) >= 11 is 0. The van der Waals surface area contributed by atoms with E-state index in [1.807, 2.05) is 6.20 Å². The largest absolute Gasteiger partial charge is 0.445 e. The minimum atomic E-state index is 0.119. The van der Waals surface area contributed by atoms with Crippen LogP contribution < -0.4 is 0 Å². The van der Waals surface area contributed by atoms with Gasteiger partial charge in [-0.25, -0.2) is 4.98 Å². The first-order valence-electron chi connectivity index (χ1n) is 8.10. The molecule has 2 aliphatic rings. The number of carbonyl (C=O) groups is 1. The van der Waals surface area contributed by atoms with Crippen molar-refractivity contribution >= 4 is 5.78 Å². The second-order valence-corrected chi connectivity index (χ2v) is 6.53. The molecule has 112 valence electrons. The Balaban J connectivity index is 1.50. The number of ketones is 1. The molecule has 2 aliphatic carbocycles. The van der Waals surface area contributed by atoms with Crippen LogP contribution >= 0.6 is 0 Å². The molecule has 2 saturated carbocycles. The Bertz CT molecular complexity index is 531. The molecular weight excluding hydrogens is 264 g/mol. The van der Waals surface area contributed by atoms with Crippen LogP contribution in [0.5, 0.6) is 0 Å². The number of hydrogen-bond acceptors (Lipinski definition) is 4. The molecule has 0 spiro atoms. The first kappa shape index (κ1) is 14.3. The Kier molecular flexibility index (Phi) is 4.38. The van der Waals surface area contributed by atoms with Crippen molar-refractivity contribution in [2.45, 2.75) is 63.7 Å². The lowest BCUT2D eigenvalue weighted by Crippen LogP contribution is -2.31. The summed E-state index contributed by atoms with van der Waals surface area (Å²) in [5, 5.41) is 8.63. The lowest BCUT2D eigenvalue weighted by Gasteiger charge is -2.32. The van der Waals surface area contributed by atoms with Crippen LogP contribution in [0.2, 0.25) is 0 Å². The molecule has 0 aromatic carbocycles. The number of carbonyl (C=O) groups excluding carboxylic acids is 1. The lowest BCUT2D eigenvalue weighted by molar-refractivity contribution is -0.126. The predicted octanol–water partition coefficient (Wildman–Crippen LogP) is 3.77. The summed E-state index contributed by atoms with van der Waals surface area (Å²) in [7, 11) is 0. The molecule has 1 aromatic heterocycles. The van der Waals surface area contributed by atoms with Crippen molar-refractivity contribution in [2.75, 3.05) is 0 Å². The summed E-state index contributed by atoms with van der Waals surface area (Å²) in [6, 6.07) is 2.18. The van der Waals surface area contributed by atoms with Gasteiger partial charge in [-0.3, -0.25) is 4.79 Å². The maximum absolute atomic E-state index is 12.1. The summed E-state index contributed by atoms with van der Waals surface area (Å²) in [4.78, 5) is 16.4.